The number of thiazole rings is 1. The first-order valence-electron chi connectivity index (χ1n) is 8.72. The molecule has 6 nitrogen and oxygen atoms in total. The van der Waals surface area contributed by atoms with Gasteiger partial charge in [0.15, 0.2) is 5.13 Å². The summed E-state index contributed by atoms with van der Waals surface area (Å²) >= 11 is 4.71. The maximum Gasteiger partial charge on any atom is 0.338 e. The molecule has 0 radical (unpaired) electrons. The smallest absolute Gasteiger partial charge is 0.338 e. The number of hydrogen-bond donors (Lipinski definition) is 1. The number of amides is 1. The largest absolute Gasteiger partial charge is 0.493 e. The first-order chi connectivity index (χ1) is 13.4. The maximum absolute atomic E-state index is 12.5. The van der Waals surface area contributed by atoms with Crippen LogP contribution < -0.4 is 10.1 Å². The first-order valence-corrected chi connectivity index (χ1v) is 10.3. The Balaban J connectivity index is 1.78. The molecule has 0 spiro atoms. The van der Waals surface area contributed by atoms with Crippen molar-refractivity contribution in [3.8, 4) is 5.75 Å². The zero-order valence-electron chi connectivity index (χ0n) is 15.6. The van der Waals surface area contributed by atoms with Crippen molar-refractivity contribution in [1.29, 1.82) is 0 Å². The van der Waals surface area contributed by atoms with Gasteiger partial charge in [-0.3, -0.25) is 10.1 Å². The predicted molar refractivity (Wildman–Crippen MR) is 113 cm³/mol. The van der Waals surface area contributed by atoms with E-state index in [1.807, 2.05) is 6.92 Å². The van der Waals surface area contributed by atoms with Crippen LogP contribution in [0.5, 0.6) is 5.75 Å². The average Bonchev–Trinajstić information content (AvgIpc) is 3.04. The number of rotatable bonds is 6. The van der Waals surface area contributed by atoms with Crippen LogP contribution in [0.4, 0.5) is 5.13 Å². The van der Waals surface area contributed by atoms with E-state index in [1.54, 1.807) is 50.2 Å². The van der Waals surface area contributed by atoms with Crippen molar-refractivity contribution in [1.82, 2.24) is 4.98 Å². The van der Waals surface area contributed by atoms with Gasteiger partial charge >= 0.3 is 5.97 Å². The van der Waals surface area contributed by atoms with Crippen molar-refractivity contribution in [2.24, 2.45) is 0 Å². The summed E-state index contributed by atoms with van der Waals surface area (Å²) in [6.07, 6.45) is -0.187. The van der Waals surface area contributed by atoms with E-state index < -0.39 is 0 Å². The minimum absolute atomic E-state index is 0.187. The van der Waals surface area contributed by atoms with Crippen LogP contribution in [0, 0.1) is 0 Å². The van der Waals surface area contributed by atoms with E-state index in [1.165, 1.54) is 11.3 Å². The Morgan fingerprint density at radius 3 is 2.61 bits per heavy atom. The molecule has 0 unspecified atom stereocenters. The SMILES string of the molecule is CCOc1ccc(C(=O)Nc2nc3ccc(C(=O)OC(C)C)cc3s2)cc1Br. The molecule has 146 valence electrons. The highest BCUT2D eigenvalue weighted by Gasteiger charge is 2.14. The van der Waals surface area contributed by atoms with Gasteiger partial charge in [0.2, 0.25) is 0 Å². The van der Waals surface area contributed by atoms with Gasteiger partial charge < -0.3 is 9.47 Å². The Bertz CT molecular complexity index is 1030. The zero-order chi connectivity index (χ0) is 20.3. The number of halogens is 1. The summed E-state index contributed by atoms with van der Waals surface area (Å²) in [5.41, 5.74) is 1.64. The lowest BCUT2D eigenvalue weighted by molar-refractivity contribution is 0.0378. The summed E-state index contributed by atoms with van der Waals surface area (Å²) in [5.74, 6) is 0.0252. The Labute approximate surface area is 175 Å². The molecule has 0 atom stereocenters. The van der Waals surface area contributed by atoms with E-state index in [0.717, 1.165) is 4.70 Å². The second-order valence-corrected chi connectivity index (χ2v) is 8.07. The van der Waals surface area contributed by atoms with Gasteiger partial charge in [0.25, 0.3) is 5.91 Å². The number of hydrogen-bond acceptors (Lipinski definition) is 6. The quantitative estimate of drug-likeness (QED) is 0.504. The Kier molecular flexibility index (Phi) is 6.31. The summed E-state index contributed by atoms with van der Waals surface area (Å²) in [7, 11) is 0. The molecule has 3 aromatic rings. The Morgan fingerprint density at radius 2 is 1.93 bits per heavy atom. The standard InChI is InChI=1S/C20H19BrN2O4S/c1-4-26-16-8-6-12(9-14(16)21)18(24)23-20-22-15-7-5-13(10-17(15)28-20)19(25)27-11(2)3/h5-11H,4H2,1-3H3,(H,22,23,24). The van der Waals surface area contributed by atoms with Crippen LogP contribution in [0.3, 0.4) is 0 Å². The molecule has 0 bridgehead atoms. The summed E-state index contributed by atoms with van der Waals surface area (Å²) < 4.78 is 12.2. The Morgan fingerprint density at radius 1 is 1.18 bits per heavy atom. The molecule has 1 heterocycles. The molecular weight excluding hydrogens is 444 g/mol. The van der Waals surface area contributed by atoms with E-state index in [2.05, 4.69) is 26.2 Å². The summed E-state index contributed by atoms with van der Waals surface area (Å²) in [6.45, 7) is 6.04. The van der Waals surface area contributed by atoms with E-state index in [4.69, 9.17) is 9.47 Å². The van der Waals surface area contributed by atoms with Gasteiger partial charge in [-0.25, -0.2) is 9.78 Å². The summed E-state index contributed by atoms with van der Waals surface area (Å²) in [5, 5.41) is 3.26. The molecule has 1 amide bonds. The van der Waals surface area contributed by atoms with Crippen molar-refractivity contribution in [3.05, 3.63) is 52.0 Å². The normalized spacial score (nSPS) is 10.9. The van der Waals surface area contributed by atoms with E-state index in [-0.39, 0.29) is 18.0 Å². The fourth-order valence-corrected chi connectivity index (χ4v) is 3.86. The highest BCUT2D eigenvalue weighted by Crippen LogP contribution is 2.29. The molecular formula is C20H19BrN2O4S. The number of nitrogens with one attached hydrogen (secondary N) is 1. The number of carbonyl (C=O) groups is 2. The molecule has 28 heavy (non-hydrogen) atoms. The molecule has 0 saturated heterocycles. The molecule has 0 aliphatic heterocycles. The number of ether oxygens (including phenoxy) is 2. The fraction of sp³-hybridized carbons (Fsp3) is 0.250. The number of fused-ring (bicyclic) bond motifs is 1. The van der Waals surface area contributed by atoms with Crippen LogP contribution in [0.15, 0.2) is 40.9 Å². The second-order valence-electron chi connectivity index (χ2n) is 6.19. The lowest BCUT2D eigenvalue weighted by Gasteiger charge is -2.07. The van der Waals surface area contributed by atoms with Gasteiger partial charge in [-0.05, 0) is 73.1 Å². The molecule has 0 aliphatic carbocycles. The molecule has 8 heteroatoms. The molecule has 0 saturated carbocycles. The first kappa shape index (κ1) is 20.3. The van der Waals surface area contributed by atoms with E-state index in [0.29, 0.717) is 38.6 Å². The van der Waals surface area contributed by atoms with E-state index in [9.17, 15) is 9.59 Å². The Hall–Kier alpha value is -2.45. The molecule has 2 aromatic carbocycles. The third-order valence-corrected chi connectivity index (χ3v) is 5.23. The predicted octanol–water partition coefficient (Wildman–Crippen LogP) is 5.28. The number of anilines is 1. The van der Waals surface area contributed by atoms with Crippen LogP contribution in [-0.4, -0.2) is 29.6 Å². The third-order valence-electron chi connectivity index (χ3n) is 3.68. The van der Waals surface area contributed by atoms with Crippen LogP contribution in [0.2, 0.25) is 0 Å². The summed E-state index contributed by atoms with van der Waals surface area (Å²) in [4.78, 5) is 29.0. The minimum atomic E-state index is -0.380. The van der Waals surface area contributed by atoms with Gasteiger partial charge in [0, 0.05) is 5.56 Å². The molecule has 0 fully saturated rings. The lowest BCUT2D eigenvalue weighted by Crippen LogP contribution is -2.11. The monoisotopic (exact) mass is 462 g/mol. The highest BCUT2D eigenvalue weighted by molar-refractivity contribution is 9.10. The van der Waals surface area contributed by atoms with Crippen molar-refractivity contribution in [3.63, 3.8) is 0 Å². The highest BCUT2D eigenvalue weighted by atomic mass is 79.9. The van der Waals surface area contributed by atoms with Crippen molar-refractivity contribution in [2.45, 2.75) is 26.9 Å². The lowest BCUT2D eigenvalue weighted by atomic mass is 10.2. The van der Waals surface area contributed by atoms with Crippen molar-refractivity contribution < 1.29 is 19.1 Å². The van der Waals surface area contributed by atoms with Gasteiger partial charge in [-0.15, -0.1) is 0 Å². The molecule has 3 rings (SSSR count). The van der Waals surface area contributed by atoms with Crippen LogP contribution in [0.25, 0.3) is 10.2 Å². The maximum atomic E-state index is 12.5. The van der Waals surface area contributed by atoms with Gasteiger partial charge in [-0.2, -0.15) is 0 Å². The number of esters is 1. The fourth-order valence-electron chi connectivity index (χ4n) is 2.47. The van der Waals surface area contributed by atoms with E-state index >= 15 is 0 Å². The number of aromatic nitrogens is 1. The van der Waals surface area contributed by atoms with Gasteiger partial charge in [0.1, 0.15) is 5.75 Å². The number of carbonyl (C=O) groups excluding carboxylic acids is 2. The second kappa shape index (κ2) is 8.70. The summed E-state index contributed by atoms with van der Waals surface area (Å²) in [6, 6.07) is 10.3. The molecule has 1 aromatic heterocycles. The van der Waals surface area contributed by atoms with Crippen molar-refractivity contribution >= 4 is 54.5 Å². The van der Waals surface area contributed by atoms with Gasteiger partial charge in [0.05, 0.1) is 33.0 Å². The topological polar surface area (TPSA) is 77.5 Å². The van der Waals surface area contributed by atoms with Crippen LogP contribution in [-0.2, 0) is 4.74 Å². The molecule has 0 aliphatic rings. The third kappa shape index (κ3) is 4.69. The number of nitrogens with zero attached hydrogens (tertiary/aromatic N) is 1. The van der Waals surface area contributed by atoms with Gasteiger partial charge in [-0.1, -0.05) is 11.3 Å². The van der Waals surface area contributed by atoms with Crippen LogP contribution >= 0.6 is 27.3 Å². The van der Waals surface area contributed by atoms with Crippen LogP contribution in [0.1, 0.15) is 41.5 Å². The van der Waals surface area contributed by atoms with Crippen molar-refractivity contribution in [2.75, 3.05) is 11.9 Å². The minimum Gasteiger partial charge on any atom is -0.493 e. The number of benzene rings is 2. The average molecular weight is 463 g/mol. The molecule has 1 N–H and O–H groups in total. The zero-order valence-corrected chi connectivity index (χ0v) is 18.0.